The van der Waals surface area contributed by atoms with Crippen LogP contribution in [0.25, 0.3) is 22.2 Å². The Labute approximate surface area is 180 Å². The number of aryl methyl sites for hydroxylation is 1. The molecule has 0 bridgehead atoms. The van der Waals surface area contributed by atoms with Gasteiger partial charge in [-0.3, -0.25) is 4.79 Å². The van der Waals surface area contributed by atoms with Gasteiger partial charge in [0.2, 0.25) is 18.0 Å². The molecule has 0 radical (unpaired) electrons. The van der Waals surface area contributed by atoms with E-state index in [-0.39, 0.29) is 5.91 Å². The second-order valence-electron chi connectivity index (χ2n) is 7.59. The van der Waals surface area contributed by atoms with Gasteiger partial charge in [-0.05, 0) is 19.1 Å². The average Bonchev–Trinajstić information content (AvgIpc) is 3.25. The molecule has 5 nitrogen and oxygen atoms in total. The maximum atomic E-state index is 12.4. The fourth-order valence-electron chi connectivity index (χ4n) is 3.73. The van der Waals surface area contributed by atoms with Crippen molar-refractivity contribution in [3.63, 3.8) is 0 Å². The minimum atomic E-state index is -0.597. The van der Waals surface area contributed by atoms with Gasteiger partial charge < -0.3 is 4.74 Å². The van der Waals surface area contributed by atoms with Gasteiger partial charge >= 0.3 is 0 Å². The first kappa shape index (κ1) is 19.0. The Morgan fingerprint density at radius 2 is 1.65 bits per heavy atom. The Morgan fingerprint density at radius 3 is 2.39 bits per heavy atom. The molecular weight excluding hydrogens is 386 g/mol. The molecule has 0 saturated heterocycles. The molecule has 1 aliphatic heterocycles. The smallest absolute Gasteiger partial charge is 0.243 e. The summed E-state index contributed by atoms with van der Waals surface area (Å²) in [6, 6.07) is 27.8. The molecule has 0 unspecified atom stereocenters. The van der Waals surface area contributed by atoms with Crippen LogP contribution in [0.1, 0.15) is 29.8 Å². The number of rotatable bonds is 3. The summed E-state index contributed by atoms with van der Waals surface area (Å²) < 4.78 is 6.27. The van der Waals surface area contributed by atoms with Crippen molar-refractivity contribution in [2.45, 2.75) is 20.1 Å². The van der Waals surface area contributed by atoms with Gasteiger partial charge in [0.05, 0.1) is 11.2 Å². The van der Waals surface area contributed by atoms with Crippen LogP contribution in [0, 0.1) is 6.92 Å². The van der Waals surface area contributed by atoms with Crippen molar-refractivity contribution in [3.8, 4) is 11.3 Å². The van der Waals surface area contributed by atoms with E-state index in [1.165, 1.54) is 11.9 Å². The Bertz CT molecular complexity index is 1300. The van der Waals surface area contributed by atoms with Crippen molar-refractivity contribution < 1.29 is 9.53 Å². The molecular formula is C26H21N3O2. The van der Waals surface area contributed by atoms with E-state index in [0.717, 1.165) is 38.9 Å². The lowest BCUT2D eigenvalue weighted by molar-refractivity contribution is -0.135. The van der Waals surface area contributed by atoms with Gasteiger partial charge in [0.1, 0.15) is 0 Å². The van der Waals surface area contributed by atoms with E-state index in [0.29, 0.717) is 5.90 Å². The highest BCUT2D eigenvalue weighted by molar-refractivity contribution is 6.08. The molecule has 1 atom stereocenters. The van der Waals surface area contributed by atoms with Crippen LogP contribution in [0.2, 0.25) is 0 Å². The van der Waals surface area contributed by atoms with E-state index in [4.69, 9.17) is 9.72 Å². The molecule has 1 aromatic heterocycles. The van der Waals surface area contributed by atoms with Gasteiger partial charge in [0, 0.05) is 29.0 Å². The normalized spacial score (nSPS) is 15.6. The number of benzene rings is 3. The molecule has 152 valence electrons. The largest absolute Gasteiger partial charge is 0.446 e. The van der Waals surface area contributed by atoms with E-state index in [9.17, 15) is 4.79 Å². The molecule has 0 spiro atoms. The van der Waals surface area contributed by atoms with Gasteiger partial charge in [0.15, 0.2) is 0 Å². The Balaban J connectivity index is 1.63. The van der Waals surface area contributed by atoms with E-state index in [2.05, 4.69) is 5.10 Å². The topological polar surface area (TPSA) is 54.8 Å². The second kappa shape index (κ2) is 7.69. The lowest BCUT2D eigenvalue weighted by Crippen LogP contribution is -2.25. The van der Waals surface area contributed by atoms with Crippen LogP contribution < -0.4 is 0 Å². The Kier molecular flexibility index (Phi) is 4.71. The average molecular weight is 407 g/mol. The molecule has 3 aromatic carbocycles. The van der Waals surface area contributed by atoms with Crippen LogP contribution in [0.15, 0.2) is 90.0 Å². The summed E-state index contributed by atoms with van der Waals surface area (Å²) in [5, 5.41) is 6.90. The summed E-state index contributed by atoms with van der Waals surface area (Å²) in [4.78, 5) is 17.2. The third-order valence-electron chi connectivity index (χ3n) is 5.35. The summed E-state index contributed by atoms with van der Waals surface area (Å²) in [5.74, 6) is 0.235. The van der Waals surface area contributed by atoms with Crippen molar-refractivity contribution in [2.24, 2.45) is 5.10 Å². The zero-order chi connectivity index (χ0) is 21.4. The van der Waals surface area contributed by atoms with Crippen molar-refractivity contribution in [1.29, 1.82) is 0 Å². The van der Waals surface area contributed by atoms with Crippen molar-refractivity contribution >= 4 is 22.7 Å². The van der Waals surface area contributed by atoms with Crippen molar-refractivity contribution in [2.75, 3.05) is 0 Å². The zero-order valence-corrected chi connectivity index (χ0v) is 17.3. The summed E-state index contributed by atoms with van der Waals surface area (Å²) in [6.45, 7) is 3.52. The van der Waals surface area contributed by atoms with Crippen LogP contribution in [0.5, 0.6) is 0 Å². The van der Waals surface area contributed by atoms with Gasteiger partial charge in [-0.2, -0.15) is 5.01 Å². The number of aromatic nitrogens is 1. The van der Waals surface area contributed by atoms with Gasteiger partial charge in [-0.1, -0.05) is 78.4 Å². The SMILES string of the molecule is CC(=O)N1N=C(c2cc(-c3ccccc3)nc3ccccc23)O[C@@H]1c1ccc(C)cc1. The summed E-state index contributed by atoms with van der Waals surface area (Å²) in [7, 11) is 0. The lowest BCUT2D eigenvalue weighted by atomic mass is 10.0. The molecule has 0 saturated carbocycles. The number of pyridine rings is 1. The summed E-state index contributed by atoms with van der Waals surface area (Å²) in [5.41, 5.74) is 5.51. The third kappa shape index (κ3) is 3.55. The fourth-order valence-corrected chi connectivity index (χ4v) is 3.73. The number of carbonyl (C=O) groups excluding carboxylic acids is 1. The predicted octanol–water partition coefficient (Wildman–Crippen LogP) is 5.45. The molecule has 1 aliphatic rings. The summed E-state index contributed by atoms with van der Waals surface area (Å²) >= 11 is 0. The number of hydrogen-bond donors (Lipinski definition) is 0. The van der Waals surface area contributed by atoms with Gasteiger partial charge in [-0.25, -0.2) is 4.98 Å². The number of hydrazone groups is 1. The molecule has 5 heteroatoms. The van der Waals surface area contributed by atoms with Crippen molar-refractivity contribution in [1.82, 2.24) is 9.99 Å². The molecule has 31 heavy (non-hydrogen) atoms. The van der Waals surface area contributed by atoms with E-state index >= 15 is 0 Å². The minimum absolute atomic E-state index is 0.179. The number of ether oxygens (including phenoxy) is 1. The standard InChI is InChI=1S/C26H21N3O2/c1-17-12-14-20(15-13-17)26-29(18(2)30)28-25(31-26)22-16-24(19-8-4-3-5-9-19)27-23-11-7-6-10-21(22)23/h3-16,26H,1-2H3/t26-/m1/s1. The van der Waals surface area contributed by atoms with Crippen LogP contribution in [-0.4, -0.2) is 21.8 Å². The fraction of sp³-hybridized carbons (Fsp3) is 0.115. The highest BCUT2D eigenvalue weighted by Crippen LogP contribution is 2.33. The zero-order valence-electron chi connectivity index (χ0n) is 17.3. The first-order chi connectivity index (χ1) is 15.1. The predicted molar refractivity (Wildman–Crippen MR) is 121 cm³/mol. The van der Waals surface area contributed by atoms with Crippen LogP contribution >= 0.6 is 0 Å². The molecule has 0 fully saturated rings. The number of amides is 1. The molecule has 4 aromatic rings. The monoisotopic (exact) mass is 407 g/mol. The molecule has 1 amide bonds. The number of fused-ring (bicyclic) bond motifs is 1. The summed E-state index contributed by atoms with van der Waals surface area (Å²) in [6.07, 6.45) is -0.597. The third-order valence-corrected chi connectivity index (χ3v) is 5.35. The van der Waals surface area contributed by atoms with E-state index in [1.54, 1.807) is 0 Å². The van der Waals surface area contributed by atoms with Crippen LogP contribution in [0.4, 0.5) is 0 Å². The Hall–Kier alpha value is -3.99. The molecule has 0 aliphatic carbocycles. The van der Waals surface area contributed by atoms with Gasteiger partial charge in [0.25, 0.3) is 0 Å². The molecule has 0 N–H and O–H groups in total. The second-order valence-corrected chi connectivity index (χ2v) is 7.59. The lowest BCUT2D eigenvalue weighted by Gasteiger charge is -2.19. The number of para-hydroxylation sites is 1. The first-order valence-corrected chi connectivity index (χ1v) is 10.2. The highest BCUT2D eigenvalue weighted by atomic mass is 16.5. The number of carbonyl (C=O) groups is 1. The molecule has 2 heterocycles. The van der Waals surface area contributed by atoms with Gasteiger partial charge in [-0.15, -0.1) is 5.10 Å². The van der Waals surface area contributed by atoms with Crippen molar-refractivity contribution in [3.05, 3.63) is 102 Å². The van der Waals surface area contributed by atoms with E-state index in [1.807, 2.05) is 91.9 Å². The van der Waals surface area contributed by atoms with Crippen LogP contribution in [0.3, 0.4) is 0 Å². The minimum Gasteiger partial charge on any atom is -0.446 e. The maximum absolute atomic E-state index is 12.4. The highest BCUT2D eigenvalue weighted by Gasteiger charge is 2.33. The quantitative estimate of drug-likeness (QED) is 0.454. The Morgan fingerprint density at radius 1 is 0.935 bits per heavy atom. The number of hydrogen-bond acceptors (Lipinski definition) is 4. The molecule has 5 rings (SSSR count). The maximum Gasteiger partial charge on any atom is 0.243 e. The van der Waals surface area contributed by atoms with Crippen LogP contribution in [-0.2, 0) is 9.53 Å². The number of nitrogens with zero attached hydrogens (tertiary/aromatic N) is 3. The first-order valence-electron chi connectivity index (χ1n) is 10.2. The van der Waals surface area contributed by atoms with E-state index < -0.39 is 6.23 Å².